The molecule has 1 rings (SSSR count). The van der Waals surface area contributed by atoms with E-state index >= 15 is 0 Å². The van der Waals surface area contributed by atoms with Crippen LogP contribution in [0.3, 0.4) is 0 Å². The molecule has 0 saturated carbocycles. The van der Waals surface area contributed by atoms with E-state index in [0.29, 0.717) is 15.4 Å². The van der Waals surface area contributed by atoms with Crippen LogP contribution in [0.5, 0.6) is 0 Å². The van der Waals surface area contributed by atoms with Gasteiger partial charge in [0.1, 0.15) is 0 Å². The standard InChI is InChI=1S/C12H14INO3S/c1-7(18-2)6-14-11(15)8-4-3-5-9(13)10(8)12(16)17/h3-5,7H,6H2,1-2H3,(H,14,15)(H,16,17). The maximum absolute atomic E-state index is 12.0. The third-order valence-electron chi connectivity index (χ3n) is 2.42. The van der Waals surface area contributed by atoms with Gasteiger partial charge in [-0.05, 0) is 41.0 Å². The fraction of sp³-hybridized carbons (Fsp3) is 0.333. The summed E-state index contributed by atoms with van der Waals surface area (Å²) in [6.07, 6.45) is 1.96. The lowest BCUT2D eigenvalue weighted by atomic mass is 10.1. The molecule has 1 unspecified atom stereocenters. The molecule has 0 spiro atoms. The van der Waals surface area contributed by atoms with Gasteiger partial charge in [0, 0.05) is 15.4 Å². The van der Waals surface area contributed by atoms with E-state index in [2.05, 4.69) is 5.32 Å². The van der Waals surface area contributed by atoms with E-state index in [1.54, 1.807) is 23.9 Å². The molecule has 1 aromatic carbocycles. The van der Waals surface area contributed by atoms with E-state index in [0.717, 1.165) is 0 Å². The second-order valence-electron chi connectivity index (χ2n) is 3.72. The van der Waals surface area contributed by atoms with E-state index in [4.69, 9.17) is 5.11 Å². The minimum atomic E-state index is -1.08. The Morgan fingerprint density at radius 1 is 1.50 bits per heavy atom. The summed E-state index contributed by atoms with van der Waals surface area (Å²) in [6, 6.07) is 4.89. The van der Waals surface area contributed by atoms with Gasteiger partial charge in [-0.1, -0.05) is 13.0 Å². The Balaban J connectivity index is 2.92. The molecular weight excluding hydrogens is 365 g/mol. The van der Waals surface area contributed by atoms with Crippen LogP contribution >= 0.6 is 34.4 Å². The zero-order valence-electron chi connectivity index (χ0n) is 10.1. The summed E-state index contributed by atoms with van der Waals surface area (Å²) in [7, 11) is 0. The minimum Gasteiger partial charge on any atom is -0.478 e. The van der Waals surface area contributed by atoms with Crippen LogP contribution in [0, 0.1) is 3.57 Å². The molecule has 98 valence electrons. The zero-order chi connectivity index (χ0) is 13.7. The number of halogens is 1. The number of amides is 1. The Bertz CT molecular complexity index is 465. The molecule has 0 aromatic heterocycles. The predicted octanol–water partition coefficient (Wildman–Crippen LogP) is 2.47. The first-order valence-electron chi connectivity index (χ1n) is 5.30. The van der Waals surface area contributed by atoms with Crippen molar-refractivity contribution in [2.75, 3.05) is 12.8 Å². The average molecular weight is 379 g/mol. The lowest BCUT2D eigenvalue weighted by molar-refractivity contribution is 0.0690. The van der Waals surface area contributed by atoms with Gasteiger partial charge in [-0.25, -0.2) is 4.79 Å². The maximum atomic E-state index is 12.0. The molecule has 0 bridgehead atoms. The highest BCUT2D eigenvalue weighted by Gasteiger charge is 2.19. The number of benzene rings is 1. The van der Waals surface area contributed by atoms with E-state index in [1.165, 1.54) is 6.07 Å². The number of nitrogens with one attached hydrogen (secondary N) is 1. The Morgan fingerprint density at radius 3 is 2.72 bits per heavy atom. The van der Waals surface area contributed by atoms with Crippen molar-refractivity contribution < 1.29 is 14.7 Å². The molecule has 1 amide bonds. The normalized spacial score (nSPS) is 11.9. The Labute approximate surface area is 124 Å². The topological polar surface area (TPSA) is 66.4 Å². The Kier molecular flexibility index (Phi) is 5.94. The second-order valence-corrected chi connectivity index (χ2v) is 6.16. The van der Waals surface area contributed by atoms with Gasteiger partial charge in [0.05, 0.1) is 11.1 Å². The summed E-state index contributed by atoms with van der Waals surface area (Å²) in [5.41, 5.74) is 0.273. The number of hydrogen-bond donors (Lipinski definition) is 2. The second kappa shape index (κ2) is 6.98. The number of carboxylic acid groups (broad SMARTS) is 1. The van der Waals surface area contributed by atoms with Crippen molar-refractivity contribution in [1.82, 2.24) is 5.32 Å². The summed E-state index contributed by atoms with van der Waals surface area (Å²) < 4.78 is 0.561. The molecule has 18 heavy (non-hydrogen) atoms. The van der Waals surface area contributed by atoms with Gasteiger partial charge in [0.15, 0.2) is 0 Å². The number of carboxylic acids is 1. The van der Waals surface area contributed by atoms with Crippen LogP contribution in [0.4, 0.5) is 0 Å². The fourth-order valence-corrected chi connectivity index (χ4v) is 2.32. The third-order valence-corrected chi connectivity index (χ3v) is 4.29. The molecule has 0 aliphatic carbocycles. The molecule has 1 atom stereocenters. The first-order valence-corrected chi connectivity index (χ1v) is 7.66. The monoisotopic (exact) mass is 379 g/mol. The molecule has 0 fully saturated rings. The van der Waals surface area contributed by atoms with Crippen LogP contribution in [-0.4, -0.2) is 35.0 Å². The van der Waals surface area contributed by atoms with E-state index in [-0.39, 0.29) is 17.0 Å². The molecule has 0 saturated heterocycles. The zero-order valence-corrected chi connectivity index (χ0v) is 13.0. The first-order chi connectivity index (χ1) is 8.47. The lowest BCUT2D eigenvalue weighted by Crippen LogP contribution is -2.30. The molecule has 2 N–H and O–H groups in total. The lowest BCUT2D eigenvalue weighted by Gasteiger charge is -2.11. The van der Waals surface area contributed by atoms with Crippen LogP contribution in [0.15, 0.2) is 18.2 Å². The van der Waals surface area contributed by atoms with Gasteiger partial charge in [0.25, 0.3) is 5.91 Å². The van der Waals surface area contributed by atoms with Gasteiger partial charge in [0.2, 0.25) is 0 Å². The van der Waals surface area contributed by atoms with E-state index in [9.17, 15) is 9.59 Å². The van der Waals surface area contributed by atoms with Crippen molar-refractivity contribution in [3.63, 3.8) is 0 Å². The van der Waals surface area contributed by atoms with Crippen molar-refractivity contribution in [2.24, 2.45) is 0 Å². The van der Waals surface area contributed by atoms with Gasteiger partial charge in [-0.3, -0.25) is 4.79 Å². The molecule has 0 radical (unpaired) electrons. The number of hydrogen-bond acceptors (Lipinski definition) is 3. The van der Waals surface area contributed by atoms with Gasteiger partial charge in [-0.2, -0.15) is 11.8 Å². The predicted molar refractivity (Wildman–Crippen MR) is 81.4 cm³/mol. The van der Waals surface area contributed by atoms with Gasteiger partial charge >= 0.3 is 5.97 Å². The highest BCUT2D eigenvalue weighted by Crippen LogP contribution is 2.17. The van der Waals surface area contributed by atoms with Crippen molar-refractivity contribution in [1.29, 1.82) is 0 Å². The SMILES string of the molecule is CSC(C)CNC(=O)c1cccc(I)c1C(=O)O. The summed E-state index contributed by atoms with van der Waals surface area (Å²) in [6.45, 7) is 2.52. The van der Waals surface area contributed by atoms with Crippen molar-refractivity contribution >= 4 is 46.2 Å². The number of carbonyl (C=O) groups is 2. The first kappa shape index (κ1) is 15.3. The van der Waals surface area contributed by atoms with Crippen LogP contribution in [-0.2, 0) is 0 Å². The van der Waals surface area contributed by atoms with Crippen molar-refractivity contribution in [3.05, 3.63) is 32.9 Å². The van der Waals surface area contributed by atoms with E-state index < -0.39 is 5.97 Å². The van der Waals surface area contributed by atoms with Crippen LogP contribution < -0.4 is 5.32 Å². The Morgan fingerprint density at radius 2 is 2.17 bits per heavy atom. The summed E-state index contributed by atoms with van der Waals surface area (Å²) in [5, 5.41) is 12.2. The van der Waals surface area contributed by atoms with Crippen LogP contribution in [0.2, 0.25) is 0 Å². The summed E-state index contributed by atoms with van der Waals surface area (Å²) in [5.74, 6) is -1.42. The molecule has 0 aliphatic rings. The molecule has 6 heteroatoms. The summed E-state index contributed by atoms with van der Waals surface area (Å²) in [4.78, 5) is 23.1. The number of aromatic carboxylic acids is 1. The van der Waals surface area contributed by atoms with Gasteiger partial charge < -0.3 is 10.4 Å². The molecular formula is C12H14INO3S. The Hall–Kier alpha value is -0.760. The molecule has 0 aliphatic heterocycles. The molecule has 1 aromatic rings. The maximum Gasteiger partial charge on any atom is 0.337 e. The third kappa shape index (κ3) is 3.88. The quantitative estimate of drug-likeness (QED) is 0.772. The number of thioether (sulfide) groups is 1. The largest absolute Gasteiger partial charge is 0.478 e. The van der Waals surface area contributed by atoms with Crippen molar-refractivity contribution in [2.45, 2.75) is 12.2 Å². The highest BCUT2D eigenvalue weighted by atomic mass is 127. The average Bonchev–Trinajstić information content (AvgIpc) is 2.34. The van der Waals surface area contributed by atoms with E-state index in [1.807, 2.05) is 35.8 Å². The smallest absolute Gasteiger partial charge is 0.337 e. The minimum absolute atomic E-state index is 0.0624. The summed E-state index contributed by atoms with van der Waals surface area (Å²) >= 11 is 3.56. The fourth-order valence-electron chi connectivity index (χ4n) is 1.35. The molecule has 4 nitrogen and oxygen atoms in total. The van der Waals surface area contributed by atoms with Crippen LogP contribution in [0.1, 0.15) is 27.6 Å². The van der Waals surface area contributed by atoms with Crippen LogP contribution in [0.25, 0.3) is 0 Å². The number of carbonyl (C=O) groups excluding carboxylic acids is 1. The number of rotatable bonds is 5. The van der Waals surface area contributed by atoms with Gasteiger partial charge in [-0.15, -0.1) is 0 Å². The molecule has 0 heterocycles. The van der Waals surface area contributed by atoms with Crippen molar-refractivity contribution in [3.8, 4) is 0 Å². The highest BCUT2D eigenvalue weighted by molar-refractivity contribution is 14.1.